The number of nitrogens with one attached hydrogen (secondary N) is 1. The molecule has 0 saturated heterocycles. The van der Waals surface area contributed by atoms with E-state index in [1.54, 1.807) is 6.33 Å². The molecule has 1 aromatic heterocycles. The van der Waals surface area contributed by atoms with Crippen LogP contribution >= 0.6 is 0 Å². The molecule has 1 rings (SSSR count). The van der Waals surface area contributed by atoms with E-state index in [0.717, 1.165) is 18.8 Å². The van der Waals surface area contributed by atoms with Crippen LogP contribution in [0.5, 0.6) is 0 Å². The molecule has 0 aliphatic heterocycles. The first-order valence-corrected chi connectivity index (χ1v) is 5.59. The summed E-state index contributed by atoms with van der Waals surface area (Å²) in [5.41, 5.74) is 0.160. The fourth-order valence-electron chi connectivity index (χ4n) is 1.28. The summed E-state index contributed by atoms with van der Waals surface area (Å²) < 4.78 is 1.96. The predicted molar refractivity (Wildman–Crippen MR) is 61.6 cm³/mol. The van der Waals surface area contributed by atoms with Crippen molar-refractivity contribution in [3.8, 4) is 0 Å². The Bertz CT molecular complexity index is 301. The van der Waals surface area contributed by atoms with E-state index in [1.807, 2.05) is 4.68 Å². The number of hydrogen-bond acceptors (Lipinski definition) is 3. The number of aromatic nitrogens is 3. The molecule has 0 atom stereocenters. The van der Waals surface area contributed by atoms with E-state index in [-0.39, 0.29) is 5.54 Å². The highest BCUT2D eigenvalue weighted by molar-refractivity contribution is 4.88. The third-order valence-corrected chi connectivity index (χ3v) is 2.75. The van der Waals surface area contributed by atoms with Gasteiger partial charge in [0, 0.05) is 11.6 Å². The summed E-state index contributed by atoms with van der Waals surface area (Å²) in [5, 5.41) is 7.69. The van der Waals surface area contributed by atoms with Gasteiger partial charge in [0.15, 0.2) is 0 Å². The Morgan fingerprint density at radius 3 is 2.67 bits per heavy atom. The van der Waals surface area contributed by atoms with Gasteiger partial charge in [0.2, 0.25) is 0 Å². The number of rotatable bonds is 5. The maximum atomic E-state index is 4.26. The van der Waals surface area contributed by atoms with Crippen molar-refractivity contribution in [2.24, 2.45) is 0 Å². The Kier molecular flexibility index (Phi) is 3.85. The van der Waals surface area contributed by atoms with Gasteiger partial charge in [-0.3, -0.25) is 0 Å². The Balaban J connectivity index is 2.61. The lowest BCUT2D eigenvalue weighted by Gasteiger charge is -2.24. The molecular weight excluding hydrogens is 188 g/mol. The van der Waals surface area contributed by atoms with Crippen LogP contribution in [-0.2, 0) is 6.54 Å². The highest BCUT2D eigenvalue weighted by Crippen LogP contribution is 2.10. The standard InChI is InChI=1S/C11H22N4/c1-6-11(4,5)13-7-10-12-8-14-15(10)9(2)3/h8-9,13H,6-7H2,1-5H3. The quantitative estimate of drug-likeness (QED) is 0.809. The fraction of sp³-hybridized carbons (Fsp3) is 0.818. The molecule has 15 heavy (non-hydrogen) atoms. The molecule has 0 fully saturated rings. The van der Waals surface area contributed by atoms with Gasteiger partial charge in [-0.15, -0.1) is 0 Å². The number of nitrogens with zero attached hydrogens (tertiary/aromatic N) is 3. The van der Waals surface area contributed by atoms with E-state index in [2.05, 4.69) is 50.0 Å². The summed E-state index contributed by atoms with van der Waals surface area (Å²) in [4.78, 5) is 4.26. The van der Waals surface area contributed by atoms with Crippen LogP contribution < -0.4 is 5.32 Å². The van der Waals surface area contributed by atoms with Crippen molar-refractivity contribution >= 4 is 0 Å². The minimum absolute atomic E-state index is 0.160. The van der Waals surface area contributed by atoms with Crippen molar-refractivity contribution in [2.75, 3.05) is 0 Å². The van der Waals surface area contributed by atoms with Crippen molar-refractivity contribution in [1.82, 2.24) is 20.1 Å². The molecule has 0 amide bonds. The average Bonchev–Trinajstić information content (AvgIpc) is 2.63. The van der Waals surface area contributed by atoms with Gasteiger partial charge in [-0.2, -0.15) is 5.10 Å². The van der Waals surface area contributed by atoms with Gasteiger partial charge < -0.3 is 5.32 Å². The molecule has 0 saturated carbocycles. The molecule has 0 aliphatic carbocycles. The van der Waals surface area contributed by atoms with Crippen molar-refractivity contribution in [3.63, 3.8) is 0 Å². The van der Waals surface area contributed by atoms with Gasteiger partial charge in [-0.25, -0.2) is 9.67 Å². The van der Waals surface area contributed by atoms with E-state index < -0.39 is 0 Å². The SMILES string of the molecule is CCC(C)(C)NCc1ncnn1C(C)C. The van der Waals surface area contributed by atoms with Crippen molar-refractivity contribution < 1.29 is 0 Å². The Morgan fingerprint density at radius 2 is 2.13 bits per heavy atom. The van der Waals surface area contributed by atoms with Crippen molar-refractivity contribution in [3.05, 3.63) is 12.2 Å². The predicted octanol–water partition coefficient (Wildman–Crippen LogP) is 2.14. The maximum absolute atomic E-state index is 4.26. The molecule has 4 heteroatoms. The van der Waals surface area contributed by atoms with Gasteiger partial charge in [-0.05, 0) is 34.1 Å². The summed E-state index contributed by atoms with van der Waals surface area (Å²) in [6.07, 6.45) is 2.72. The molecule has 0 aromatic carbocycles. The second-order valence-electron chi connectivity index (χ2n) is 4.81. The third kappa shape index (κ3) is 3.30. The van der Waals surface area contributed by atoms with E-state index >= 15 is 0 Å². The molecular formula is C11H22N4. The average molecular weight is 210 g/mol. The molecule has 0 aliphatic rings. The van der Waals surface area contributed by atoms with Crippen LogP contribution in [0.15, 0.2) is 6.33 Å². The molecule has 0 spiro atoms. The first kappa shape index (κ1) is 12.2. The van der Waals surface area contributed by atoms with Crippen molar-refractivity contribution in [1.29, 1.82) is 0 Å². The largest absolute Gasteiger partial charge is 0.305 e. The fourth-order valence-corrected chi connectivity index (χ4v) is 1.28. The molecule has 1 N–H and O–H groups in total. The lowest BCUT2D eigenvalue weighted by Crippen LogP contribution is -2.38. The zero-order valence-corrected chi connectivity index (χ0v) is 10.4. The zero-order chi connectivity index (χ0) is 11.5. The minimum Gasteiger partial charge on any atom is -0.305 e. The van der Waals surface area contributed by atoms with E-state index in [1.165, 1.54) is 0 Å². The van der Waals surface area contributed by atoms with Gasteiger partial charge in [0.05, 0.1) is 6.54 Å². The lowest BCUT2D eigenvalue weighted by molar-refractivity contribution is 0.360. The van der Waals surface area contributed by atoms with Gasteiger partial charge in [0.1, 0.15) is 12.2 Å². The first-order chi connectivity index (χ1) is 6.96. The highest BCUT2D eigenvalue weighted by Gasteiger charge is 2.15. The molecule has 0 radical (unpaired) electrons. The van der Waals surface area contributed by atoms with Crippen molar-refractivity contribution in [2.45, 2.75) is 59.2 Å². The summed E-state index contributed by atoms with van der Waals surface area (Å²) in [7, 11) is 0. The van der Waals surface area contributed by atoms with Crippen LogP contribution in [0.25, 0.3) is 0 Å². The second-order valence-corrected chi connectivity index (χ2v) is 4.81. The normalized spacial score (nSPS) is 12.4. The smallest absolute Gasteiger partial charge is 0.141 e. The zero-order valence-electron chi connectivity index (χ0n) is 10.4. The summed E-state index contributed by atoms with van der Waals surface area (Å²) in [6, 6.07) is 0.369. The molecule has 86 valence electrons. The van der Waals surface area contributed by atoms with Crippen LogP contribution in [0, 0.1) is 0 Å². The number of hydrogen-bond donors (Lipinski definition) is 1. The summed E-state index contributed by atoms with van der Waals surface area (Å²) in [5.74, 6) is 1.01. The van der Waals surface area contributed by atoms with E-state index in [4.69, 9.17) is 0 Å². The second kappa shape index (κ2) is 4.75. The monoisotopic (exact) mass is 210 g/mol. The van der Waals surface area contributed by atoms with Gasteiger partial charge in [0.25, 0.3) is 0 Å². The lowest BCUT2D eigenvalue weighted by atomic mass is 10.0. The molecule has 0 bridgehead atoms. The Hall–Kier alpha value is -0.900. The maximum Gasteiger partial charge on any atom is 0.141 e. The van der Waals surface area contributed by atoms with Gasteiger partial charge >= 0.3 is 0 Å². The molecule has 1 aromatic rings. The van der Waals surface area contributed by atoms with Crippen LogP contribution in [0.1, 0.15) is 52.9 Å². The molecule has 1 heterocycles. The molecule has 0 unspecified atom stereocenters. The Morgan fingerprint density at radius 1 is 1.47 bits per heavy atom. The topological polar surface area (TPSA) is 42.7 Å². The molecule has 4 nitrogen and oxygen atoms in total. The van der Waals surface area contributed by atoms with Crippen LogP contribution in [0.4, 0.5) is 0 Å². The summed E-state index contributed by atoms with van der Waals surface area (Å²) >= 11 is 0. The minimum atomic E-state index is 0.160. The van der Waals surface area contributed by atoms with Crippen LogP contribution in [0.2, 0.25) is 0 Å². The van der Waals surface area contributed by atoms with E-state index in [9.17, 15) is 0 Å². The summed E-state index contributed by atoms with van der Waals surface area (Å²) in [6.45, 7) is 11.6. The third-order valence-electron chi connectivity index (χ3n) is 2.75. The van der Waals surface area contributed by atoms with Crippen LogP contribution in [0.3, 0.4) is 0 Å². The Labute approximate surface area is 92.1 Å². The van der Waals surface area contributed by atoms with Gasteiger partial charge in [-0.1, -0.05) is 6.92 Å². The first-order valence-electron chi connectivity index (χ1n) is 5.59. The van der Waals surface area contributed by atoms with E-state index in [0.29, 0.717) is 6.04 Å². The highest BCUT2D eigenvalue weighted by atomic mass is 15.4. The van der Waals surface area contributed by atoms with Crippen LogP contribution in [-0.4, -0.2) is 20.3 Å².